The van der Waals surface area contributed by atoms with Crippen molar-refractivity contribution in [1.29, 1.82) is 0 Å². The molecule has 1 aromatic heterocycles. The maximum Gasteiger partial charge on any atom is 0.340 e. The van der Waals surface area contributed by atoms with Crippen LogP contribution >= 0.6 is 0 Å². The Kier molecular flexibility index (Phi) is 6.22. The Morgan fingerprint density at radius 1 is 1.14 bits per heavy atom. The highest BCUT2D eigenvalue weighted by atomic mass is 16.5. The SMILES string of the molecule is Cc1cc(C(=O)OCC(=O)NC2CCCC(C)C2C)c(C)n1-c1ccccc1. The van der Waals surface area contributed by atoms with Gasteiger partial charge in [-0.1, -0.05) is 44.9 Å². The van der Waals surface area contributed by atoms with E-state index in [9.17, 15) is 9.59 Å². The predicted octanol–water partition coefficient (Wildman–Crippen LogP) is 4.19. The van der Waals surface area contributed by atoms with Crippen LogP contribution in [-0.4, -0.2) is 29.1 Å². The van der Waals surface area contributed by atoms with Crippen LogP contribution in [0.25, 0.3) is 5.69 Å². The molecule has 1 amide bonds. The van der Waals surface area contributed by atoms with E-state index >= 15 is 0 Å². The fourth-order valence-corrected chi connectivity index (χ4v) is 4.19. The first-order chi connectivity index (χ1) is 13.4. The number of nitrogens with zero attached hydrogens (tertiary/aromatic N) is 1. The smallest absolute Gasteiger partial charge is 0.340 e. The lowest BCUT2D eigenvalue weighted by molar-refractivity contribution is -0.125. The zero-order valence-electron chi connectivity index (χ0n) is 17.2. The lowest BCUT2D eigenvalue weighted by atomic mass is 9.78. The van der Waals surface area contributed by atoms with Crippen LogP contribution in [-0.2, 0) is 9.53 Å². The Morgan fingerprint density at radius 2 is 1.86 bits per heavy atom. The van der Waals surface area contributed by atoms with Crippen LogP contribution in [0, 0.1) is 25.7 Å². The number of hydrogen-bond acceptors (Lipinski definition) is 3. The molecule has 3 atom stereocenters. The third kappa shape index (κ3) is 4.29. The summed E-state index contributed by atoms with van der Waals surface area (Å²) in [6.45, 7) is 8.01. The average Bonchev–Trinajstić information content (AvgIpc) is 2.98. The third-order valence-corrected chi connectivity index (χ3v) is 6.05. The van der Waals surface area contributed by atoms with Crippen molar-refractivity contribution in [3.63, 3.8) is 0 Å². The van der Waals surface area contributed by atoms with Gasteiger partial charge in [-0.2, -0.15) is 0 Å². The maximum absolute atomic E-state index is 12.6. The molecule has 1 heterocycles. The number of esters is 1. The number of aryl methyl sites for hydroxylation is 1. The number of carbonyl (C=O) groups excluding carboxylic acids is 2. The highest BCUT2D eigenvalue weighted by Crippen LogP contribution is 2.29. The van der Waals surface area contributed by atoms with E-state index in [-0.39, 0.29) is 18.6 Å². The van der Waals surface area contributed by atoms with E-state index < -0.39 is 5.97 Å². The summed E-state index contributed by atoms with van der Waals surface area (Å²) >= 11 is 0. The standard InChI is InChI=1S/C23H30N2O3/c1-15-9-8-12-21(17(15)3)24-22(26)14-28-23(27)20-13-16(2)25(18(20)4)19-10-6-5-7-11-19/h5-7,10-11,13,15,17,21H,8-9,12,14H2,1-4H3,(H,24,26). The van der Waals surface area contributed by atoms with Crippen molar-refractivity contribution < 1.29 is 14.3 Å². The maximum atomic E-state index is 12.6. The van der Waals surface area contributed by atoms with Crippen LogP contribution in [0.15, 0.2) is 36.4 Å². The van der Waals surface area contributed by atoms with E-state index in [0.29, 0.717) is 17.4 Å². The van der Waals surface area contributed by atoms with Gasteiger partial charge in [-0.05, 0) is 50.3 Å². The highest BCUT2D eigenvalue weighted by Gasteiger charge is 2.28. The summed E-state index contributed by atoms with van der Waals surface area (Å²) in [6, 6.07) is 11.8. The minimum Gasteiger partial charge on any atom is -0.452 e. The molecule has 1 aliphatic rings. The van der Waals surface area contributed by atoms with Crippen LogP contribution < -0.4 is 5.32 Å². The Bertz CT molecular complexity index is 841. The zero-order valence-corrected chi connectivity index (χ0v) is 17.2. The molecular formula is C23H30N2O3. The quantitative estimate of drug-likeness (QED) is 0.789. The normalized spacial score (nSPS) is 21.9. The summed E-state index contributed by atoms with van der Waals surface area (Å²) in [7, 11) is 0. The largest absolute Gasteiger partial charge is 0.452 e. The summed E-state index contributed by atoms with van der Waals surface area (Å²) in [5, 5.41) is 3.04. The summed E-state index contributed by atoms with van der Waals surface area (Å²) in [6.07, 6.45) is 3.32. The molecule has 1 aromatic carbocycles. The number of hydrogen-bond donors (Lipinski definition) is 1. The molecule has 1 N–H and O–H groups in total. The minimum atomic E-state index is -0.463. The van der Waals surface area contributed by atoms with Crippen molar-refractivity contribution >= 4 is 11.9 Å². The number of amides is 1. The molecule has 3 unspecified atom stereocenters. The number of ether oxygens (including phenoxy) is 1. The van der Waals surface area contributed by atoms with Gasteiger partial charge in [0.25, 0.3) is 5.91 Å². The van der Waals surface area contributed by atoms with Crippen molar-refractivity contribution in [2.24, 2.45) is 11.8 Å². The molecule has 1 aliphatic carbocycles. The van der Waals surface area contributed by atoms with Gasteiger partial charge in [0, 0.05) is 23.1 Å². The van der Waals surface area contributed by atoms with Crippen molar-refractivity contribution in [3.05, 3.63) is 53.3 Å². The number of rotatable bonds is 5. The van der Waals surface area contributed by atoms with E-state index in [2.05, 4.69) is 19.2 Å². The monoisotopic (exact) mass is 382 g/mol. The molecule has 0 bridgehead atoms. The van der Waals surface area contributed by atoms with Gasteiger partial charge >= 0.3 is 5.97 Å². The number of carbonyl (C=O) groups is 2. The zero-order chi connectivity index (χ0) is 20.3. The predicted molar refractivity (Wildman–Crippen MR) is 110 cm³/mol. The van der Waals surface area contributed by atoms with Gasteiger partial charge in [-0.15, -0.1) is 0 Å². The fourth-order valence-electron chi connectivity index (χ4n) is 4.19. The molecule has 0 radical (unpaired) electrons. The fraction of sp³-hybridized carbons (Fsp3) is 0.478. The van der Waals surface area contributed by atoms with Crippen LogP contribution in [0.3, 0.4) is 0 Å². The van der Waals surface area contributed by atoms with Crippen molar-refractivity contribution in [3.8, 4) is 5.69 Å². The Morgan fingerprint density at radius 3 is 2.57 bits per heavy atom. The van der Waals surface area contributed by atoms with Crippen LogP contribution in [0.5, 0.6) is 0 Å². The lowest BCUT2D eigenvalue weighted by Crippen LogP contribution is -2.45. The number of aromatic nitrogens is 1. The van der Waals surface area contributed by atoms with E-state index in [1.807, 2.05) is 54.8 Å². The van der Waals surface area contributed by atoms with Gasteiger partial charge < -0.3 is 14.6 Å². The average molecular weight is 383 g/mol. The van der Waals surface area contributed by atoms with Gasteiger partial charge in [0.2, 0.25) is 0 Å². The van der Waals surface area contributed by atoms with E-state index in [1.54, 1.807) is 0 Å². The Labute approximate surface area is 167 Å². The molecule has 5 nitrogen and oxygen atoms in total. The second-order valence-electron chi connectivity index (χ2n) is 7.97. The Hall–Kier alpha value is -2.56. The molecular weight excluding hydrogens is 352 g/mol. The summed E-state index contributed by atoms with van der Waals surface area (Å²) < 4.78 is 7.33. The highest BCUT2D eigenvalue weighted by molar-refractivity contribution is 5.93. The van der Waals surface area contributed by atoms with E-state index in [0.717, 1.165) is 29.9 Å². The Balaban J connectivity index is 1.62. The van der Waals surface area contributed by atoms with Crippen LogP contribution in [0.2, 0.25) is 0 Å². The van der Waals surface area contributed by atoms with Gasteiger partial charge in [0.1, 0.15) is 0 Å². The molecule has 2 aromatic rings. The van der Waals surface area contributed by atoms with Crippen molar-refractivity contribution in [2.45, 2.75) is 53.0 Å². The first-order valence-corrected chi connectivity index (χ1v) is 10.1. The van der Waals surface area contributed by atoms with E-state index in [4.69, 9.17) is 4.74 Å². The van der Waals surface area contributed by atoms with Gasteiger partial charge in [0.05, 0.1) is 5.56 Å². The molecule has 0 aliphatic heterocycles. The third-order valence-electron chi connectivity index (χ3n) is 6.05. The molecule has 150 valence electrons. The molecule has 0 spiro atoms. The summed E-state index contributed by atoms with van der Waals surface area (Å²) in [5.74, 6) is 0.356. The van der Waals surface area contributed by atoms with Gasteiger partial charge in [-0.3, -0.25) is 4.79 Å². The molecule has 28 heavy (non-hydrogen) atoms. The second kappa shape index (κ2) is 8.63. The molecule has 5 heteroatoms. The van der Waals surface area contributed by atoms with Crippen molar-refractivity contribution in [1.82, 2.24) is 9.88 Å². The summed E-state index contributed by atoms with van der Waals surface area (Å²) in [4.78, 5) is 24.8. The molecule has 1 fully saturated rings. The second-order valence-corrected chi connectivity index (χ2v) is 7.97. The first kappa shape index (κ1) is 20.2. The summed E-state index contributed by atoms with van der Waals surface area (Å²) in [5.41, 5.74) is 3.25. The van der Waals surface area contributed by atoms with Crippen molar-refractivity contribution in [2.75, 3.05) is 6.61 Å². The first-order valence-electron chi connectivity index (χ1n) is 10.1. The minimum absolute atomic E-state index is 0.165. The topological polar surface area (TPSA) is 60.3 Å². The molecule has 1 saturated carbocycles. The lowest BCUT2D eigenvalue weighted by Gasteiger charge is -2.34. The number of para-hydroxylation sites is 1. The van der Waals surface area contributed by atoms with Gasteiger partial charge in [0.15, 0.2) is 6.61 Å². The molecule has 3 rings (SSSR count). The van der Waals surface area contributed by atoms with Crippen LogP contribution in [0.4, 0.5) is 0 Å². The number of nitrogens with one attached hydrogen (secondary N) is 1. The van der Waals surface area contributed by atoms with Gasteiger partial charge in [-0.25, -0.2) is 4.79 Å². The van der Waals surface area contributed by atoms with E-state index in [1.165, 1.54) is 6.42 Å². The van der Waals surface area contributed by atoms with Crippen LogP contribution in [0.1, 0.15) is 54.9 Å². The number of benzene rings is 1. The molecule has 0 saturated heterocycles.